The zero-order valence-electron chi connectivity index (χ0n) is 13.4. The number of primary amides is 1. The Balaban J connectivity index is 1.95. The molecule has 1 aliphatic rings. The maximum absolute atomic E-state index is 13.5. The molecular weight excluding hydrogens is 332 g/mol. The molecule has 1 aromatic carbocycles. The Morgan fingerprint density at radius 2 is 1.96 bits per heavy atom. The first-order valence-corrected chi connectivity index (χ1v) is 7.68. The number of aryl methyl sites for hydroxylation is 1. The van der Waals surface area contributed by atoms with Gasteiger partial charge in [-0.05, 0) is 30.2 Å². The van der Waals surface area contributed by atoms with E-state index < -0.39 is 35.6 Å². The molecule has 1 saturated heterocycles. The molecule has 0 radical (unpaired) electrons. The highest BCUT2D eigenvalue weighted by molar-refractivity contribution is 5.99. The Labute approximate surface area is 142 Å². The topological polar surface area (TPSA) is 88.6 Å². The van der Waals surface area contributed by atoms with Gasteiger partial charge in [-0.3, -0.25) is 9.59 Å². The normalized spacial score (nSPS) is 20.1. The summed E-state index contributed by atoms with van der Waals surface area (Å²) in [4.78, 5) is 25.5. The van der Waals surface area contributed by atoms with Crippen LogP contribution in [0.5, 0.6) is 0 Å². The predicted molar refractivity (Wildman–Crippen MR) is 84.7 cm³/mol. The summed E-state index contributed by atoms with van der Waals surface area (Å²) in [6.07, 6.45) is 0.872. The van der Waals surface area contributed by atoms with Crippen LogP contribution in [0, 0.1) is 11.6 Å². The number of nitrogens with zero attached hydrogens (tertiary/aromatic N) is 2. The molecule has 1 fully saturated rings. The summed E-state index contributed by atoms with van der Waals surface area (Å²) in [6.45, 7) is 0.0551. The first-order chi connectivity index (χ1) is 11.8. The fraction of sp³-hybridized carbons (Fsp3) is 0.294. The van der Waals surface area contributed by atoms with Gasteiger partial charge in [0.15, 0.2) is 11.6 Å². The van der Waals surface area contributed by atoms with Gasteiger partial charge < -0.3 is 20.3 Å². The second kappa shape index (κ2) is 6.29. The number of hydrogen-bond acceptors (Lipinski definition) is 3. The molecule has 0 saturated carbocycles. The van der Waals surface area contributed by atoms with Crippen LogP contribution in [0.2, 0.25) is 0 Å². The molecule has 2 aromatic rings. The van der Waals surface area contributed by atoms with E-state index in [1.54, 1.807) is 7.05 Å². The number of halogens is 2. The molecule has 3 rings (SSSR count). The largest absolute Gasteiger partial charge is 0.391 e. The first-order valence-electron chi connectivity index (χ1n) is 7.68. The van der Waals surface area contributed by atoms with Gasteiger partial charge in [0.1, 0.15) is 5.69 Å². The minimum absolute atomic E-state index is 0.0551. The van der Waals surface area contributed by atoms with Crippen LogP contribution in [0.15, 0.2) is 30.5 Å². The highest BCUT2D eigenvalue weighted by Gasteiger charge is 2.37. The van der Waals surface area contributed by atoms with Crippen LogP contribution in [0.1, 0.15) is 38.9 Å². The fourth-order valence-corrected chi connectivity index (χ4v) is 3.13. The highest BCUT2D eigenvalue weighted by atomic mass is 19.2. The molecule has 0 aliphatic carbocycles. The van der Waals surface area contributed by atoms with Gasteiger partial charge in [-0.2, -0.15) is 0 Å². The molecule has 0 bridgehead atoms. The van der Waals surface area contributed by atoms with Gasteiger partial charge >= 0.3 is 0 Å². The first kappa shape index (κ1) is 17.1. The standard InChI is InChI=1S/C17H17F2N3O3/c1-21-7-10(16(20)24)5-15(21)17(25)22-8-11(23)6-14(22)9-2-3-12(18)13(19)4-9/h2-5,7,11,14,23H,6,8H2,1H3,(H2,20,24)/t11-,14+/m1/s1. The molecule has 2 heterocycles. The minimum atomic E-state index is -1.01. The molecule has 2 amide bonds. The summed E-state index contributed by atoms with van der Waals surface area (Å²) in [5.41, 5.74) is 6.03. The molecular formula is C17H17F2N3O3. The van der Waals surface area contributed by atoms with E-state index in [0.29, 0.717) is 5.56 Å². The van der Waals surface area contributed by atoms with E-state index in [2.05, 4.69) is 0 Å². The lowest BCUT2D eigenvalue weighted by Gasteiger charge is -2.25. The summed E-state index contributed by atoms with van der Waals surface area (Å²) in [6, 6.07) is 4.19. The summed E-state index contributed by atoms with van der Waals surface area (Å²) in [7, 11) is 1.60. The Kier molecular flexibility index (Phi) is 4.30. The molecule has 6 nitrogen and oxygen atoms in total. The molecule has 0 spiro atoms. The van der Waals surface area contributed by atoms with Crippen LogP contribution in [0.3, 0.4) is 0 Å². The number of rotatable bonds is 3. The van der Waals surface area contributed by atoms with Crippen molar-refractivity contribution >= 4 is 11.8 Å². The van der Waals surface area contributed by atoms with E-state index >= 15 is 0 Å². The van der Waals surface area contributed by atoms with Crippen molar-refractivity contribution in [3.05, 3.63) is 58.9 Å². The second-order valence-corrected chi connectivity index (χ2v) is 6.13. The van der Waals surface area contributed by atoms with Crippen molar-refractivity contribution in [1.29, 1.82) is 0 Å². The number of carbonyl (C=O) groups excluding carboxylic acids is 2. The average Bonchev–Trinajstić information content (AvgIpc) is 3.13. The minimum Gasteiger partial charge on any atom is -0.391 e. The van der Waals surface area contributed by atoms with E-state index in [-0.39, 0.29) is 24.2 Å². The fourth-order valence-electron chi connectivity index (χ4n) is 3.13. The van der Waals surface area contributed by atoms with Gasteiger partial charge in [-0.1, -0.05) is 6.07 Å². The number of carbonyl (C=O) groups is 2. The number of benzene rings is 1. The maximum atomic E-state index is 13.5. The third kappa shape index (κ3) is 3.12. The molecule has 0 unspecified atom stereocenters. The molecule has 1 aromatic heterocycles. The number of aliphatic hydroxyl groups excluding tert-OH is 1. The van der Waals surface area contributed by atoms with Gasteiger partial charge in [0.25, 0.3) is 5.91 Å². The predicted octanol–water partition coefficient (Wildman–Crippen LogP) is 1.35. The van der Waals surface area contributed by atoms with Crippen molar-refractivity contribution in [1.82, 2.24) is 9.47 Å². The zero-order valence-corrected chi connectivity index (χ0v) is 13.4. The van der Waals surface area contributed by atoms with E-state index in [0.717, 1.165) is 12.1 Å². The van der Waals surface area contributed by atoms with Gasteiger partial charge in [0, 0.05) is 19.8 Å². The molecule has 2 atom stereocenters. The summed E-state index contributed by atoms with van der Waals surface area (Å²) >= 11 is 0. The van der Waals surface area contributed by atoms with E-state index in [1.165, 1.54) is 27.8 Å². The number of β-amino-alcohol motifs (C(OH)–C–C–N with tert-alkyl or cyclic N) is 1. The SMILES string of the molecule is Cn1cc(C(N)=O)cc1C(=O)N1C[C@H](O)C[C@H]1c1ccc(F)c(F)c1. The number of aromatic nitrogens is 1. The van der Waals surface area contributed by atoms with Gasteiger partial charge in [0.2, 0.25) is 5.91 Å². The van der Waals surface area contributed by atoms with Crippen LogP contribution < -0.4 is 5.73 Å². The number of likely N-dealkylation sites (tertiary alicyclic amines) is 1. The second-order valence-electron chi connectivity index (χ2n) is 6.13. The van der Waals surface area contributed by atoms with Crippen molar-refractivity contribution in [3.63, 3.8) is 0 Å². The molecule has 8 heteroatoms. The maximum Gasteiger partial charge on any atom is 0.271 e. The third-order valence-electron chi connectivity index (χ3n) is 4.38. The zero-order chi connectivity index (χ0) is 18.3. The molecule has 132 valence electrons. The van der Waals surface area contributed by atoms with Crippen LogP contribution >= 0.6 is 0 Å². The quantitative estimate of drug-likeness (QED) is 0.877. The number of amides is 2. The summed E-state index contributed by atoms with van der Waals surface area (Å²) in [5, 5.41) is 9.97. The Bertz CT molecular complexity index is 850. The molecule has 3 N–H and O–H groups in total. The lowest BCUT2D eigenvalue weighted by atomic mass is 10.0. The highest BCUT2D eigenvalue weighted by Crippen LogP contribution is 2.34. The van der Waals surface area contributed by atoms with Crippen LogP contribution in [0.4, 0.5) is 8.78 Å². The Morgan fingerprint density at radius 3 is 2.56 bits per heavy atom. The monoisotopic (exact) mass is 349 g/mol. The van der Waals surface area contributed by atoms with E-state index in [9.17, 15) is 23.5 Å². The average molecular weight is 349 g/mol. The molecule has 1 aliphatic heterocycles. The van der Waals surface area contributed by atoms with Gasteiger partial charge in [-0.15, -0.1) is 0 Å². The van der Waals surface area contributed by atoms with Crippen molar-refractivity contribution in [2.24, 2.45) is 12.8 Å². The van der Waals surface area contributed by atoms with Crippen LogP contribution in [-0.4, -0.2) is 39.0 Å². The Morgan fingerprint density at radius 1 is 1.24 bits per heavy atom. The van der Waals surface area contributed by atoms with Crippen molar-refractivity contribution < 1.29 is 23.5 Å². The lowest BCUT2D eigenvalue weighted by molar-refractivity contribution is 0.0706. The van der Waals surface area contributed by atoms with E-state index in [1.807, 2.05) is 0 Å². The number of aliphatic hydroxyl groups is 1. The smallest absolute Gasteiger partial charge is 0.271 e. The van der Waals surface area contributed by atoms with Gasteiger partial charge in [-0.25, -0.2) is 8.78 Å². The van der Waals surface area contributed by atoms with Crippen molar-refractivity contribution in [3.8, 4) is 0 Å². The lowest BCUT2D eigenvalue weighted by Crippen LogP contribution is -2.33. The van der Waals surface area contributed by atoms with Crippen LogP contribution in [-0.2, 0) is 7.05 Å². The van der Waals surface area contributed by atoms with Gasteiger partial charge in [0.05, 0.1) is 17.7 Å². The van der Waals surface area contributed by atoms with Crippen molar-refractivity contribution in [2.75, 3.05) is 6.54 Å². The Hall–Kier alpha value is -2.74. The van der Waals surface area contributed by atoms with E-state index in [4.69, 9.17) is 5.73 Å². The third-order valence-corrected chi connectivity index (χ3v) is 4.38. The summed E-state index contributed by atoms with van der Waals surface area (Å²) in [5.74, 6) is -3.08. The number of nitrogens with two attached hydrogens (primary N) is 1. The number of hydrogen-bond donors (Lipinski definition) is 2. The summed E-state index contributed by atoms with van der Waals surface area (Å²) < 4.78 is 28.2. The van der Waals surface area contributed by atoms with Crippen LogP contribution in [0.25, 0.3) is 0 Å². The van der Waals surface area contributed by atoms with Crippen molar-refractivity contribution in [2.45, 2.75) is 18.6 Å². The molecule has 25 heavy (non-hydrogen) atoms.